The van der Waals surface area contributed by atoms with Gasteiger partial charge in [0.2, 0.25) is 0 Å². The Labute approximate surface area is 121 Å². The zero-order valence-corrected chi connectivity index (χ0v) is 11.7. The fourth-order valence-electron chi connectivity index (χ4n) is 1.08. The fourth-order valence-corrected chi connectivity index (χ4v) is 2.60. The van der Waals surface area contributed by atoms with E-state index in [1.807, 2.05) is 0 Å². The zero-order chi connectivity index (χ0) is 13.9. The molecule has 1 rings (SSSR count). The van der Waals surface area contributed by atoms with E-state index in [0.717, 1.165) is 0 Å². The molecule has 0 atom stereocenters. The maximum atomic E-state index is 12.1. The second-order valence-electron chi connectivity index (χ2n) is 3.22. The van der Waals surface area contributed by atoms with Crippen molar-refractivity contribution < 1.29 is 18.0 Å². The largest absolute Gasteiger partial charge is 0.398 e. The van der Waals surface area contributed by atoms with Gasteiger partial charge >= 0.3 is 6.18 Å². The topological polar surface area (TPSA) is 17.1 Å². The van der Waals surface area contributed by atoms with Crippen LogP contribution in [0.1, 0.15) is 10.4 Å². The van der Waals surface area contributed by atoms with E-state index in [4.69, 9.17) is 34.8 Å². The predicted octanol–water partition coefficient (Wildman–Crippen LogP) is 5.07. The minimum Gasteiger partial charge on any atom is -0.293 e. The predicted molar refractivity (Wildman–Crippen MR) is 68.3 cm³/mol. The molecule has 18 heavy (non-hydrogen) atoms. The van der Waals surface area contributed by atoms with Crippen LogP contribution in [0.2, 0.25) is 10.0 Å². The zero-order valence-electron chi connectivity index (χ0n) is 8.65. The number of thioether (sulfide) groups is 1. The average molecular weight is 338 g/mol. The Hall–Kier alpha value is -0.100. The number of hydrogen-bond donors (Lipinski definition) is 0. The van der Waals surface area contributed by atoms with Crippen molar-refractivity contribution in [3.63, 3.8) is 0 Å². The molecule has 0 heterocycles. The van der Waals surface area contributed by atoms with Gasteiger partial charge in [0.05, 0.1) is 21.7 Å². The highest BCUT2D eigenvalue weighted by atomic mass is 35.5. The van der Waals surface area contributed by atoms with Gasteiger partial charge in [0, 0.05) is 10.5 Å². The Kier molecular flexibility index (Phi) is 5.65. The Morgan fingerprint density at radius 3 is 2.33 bits per heavy atom. The van der Waals surface area contributed by atoms with Crippen molar-refractivity contribution >= 4 is 52.3 Å². The number of rotatable bonds is 4. The molecule has 1 aromatic rings. The summed E-state index contributed by atoms with van der Waals surface area (Å²) in [7, 11) is 0. The molecule has 0 saturated heterocycles. The van der Waals surface area contributed by atoms with E-state index in [1.54, 1.807) is 0 Å². The van der Waals surface area contributed by atoms with Crippen LogP contribution in [0.3, 0.4) is 0 Å². The number of ketones is 1. The van der Waals surface area contributed by atoms with Crippen LogP contribution in [0.4, 0.5) is 13.2 Å². The molecule has 8 heteroatoms. The van der Waals surface area contributed by atoms with E-state index < -0.39 is 17.7 Å². The Morgan fingerprint density at radius 1 is 1.22 bits per heavy atom. The van der Waals surface area contributed by atoms with E-state index in [1.165, 1.54) is 12.1 Å². The van der Waals surface area contributed by atoms with E-state index in [-0.39, 0.29) is 26.4 Å². The first-order valence-corrected chi connectivity index (χ1v) is 6.80. The SMILES string of the molecule is O=C(CCl)c1cc(SCC(F)(F)F)c(Cl)cc1Cl. The first-order valence-electron chi connectivity index (χ1n) is 4.52. The molecule has 0 N–H and O–H groups in total. The van der Waals surface area contributed by atoms with Gasteiger partial charge in [-0.1, -0.05) is 23.2 Å². The molecule has 0 amide bonds. The molecule has 1 aromatic carbocycles. The Morgan fingerprint density at radius 2 is 1.83 bits per heavy atom. The highest BCUT2D eigenvalue weighted by Crippen LogP contribution is 2.35. The van der Waals surface area contributed by atoms with Crippen molar-refractivity contribution in [2.45, 2.75) is 11.1 Å². The summed E-state index contributed by atoms with van der Waals surface area (Å²) in [5.41, 5.74) is 0.0701. The first kappa shape index (κ1) is 16.0. The molecule has 0 aliphatic carbocycles. The summed E-state index contributed by atoms with van der Waals surface area (Å²) in [5.74, 6) is -1.86. The second kappa shape index (κ2) is 6.37. The molecule has 1 nitrogen and oxygen atoms in total. The van der Waals surface area contributed by atoms with Crippen molar-refractivity contribution in [3.05, 3.63) is 27.7 Å². The highest BCUT2D eigenvalue weighted by Gasteiger charge is 2.28. The molecule has 0 saturated carbocycles. The standard InChI is InChI=1S/C10H6Cl3F3OS/c11-3-8(17)5-1-9(7(13)2-6(5)12)18-4-10(14,15)16/h1-2H,3-4H2. The number of benzene rings is 1. The summed E-state index contributed by atoms with van der Waals surface area (Å²) in [6.45, 7) is 0. The number of alkyl halides is 4. The van der Waals surface area contributed by atoms with Gasteiger partial charge in [-0.3, -0.25) is 4.79 Å². The van der Waals surface area contributed by atoms with Gasteiger partial charge in [-0.25, -0.2) is 0 Å². The van der Waals surface area contributed by atoms with E-state index in [9.17, 15) is 18.0 Å². The summed E-state index contributed by atoms with van der Waals surface area (Å²) >= 11 is 17.4. The number of hydrogen-bond acceptors (Lipinski definition) is 2. The molecule has 0 spiro atoms. The van der Waals surface area contributed by atoms with Gasteiger partial charge in [-0.05, 0) is 12.1 Å². The molecule has 0 fully saturated rings. The van der Waals surface area contributed by atoms with Crippen LogP contribution in [0.15, 0.2) is 17.0 Å². The smallest absolute Gasteiger partial charge is 0.293 e. The molecule has 0 radical (unpaired) electrons. The minimum atomic E-state index is -4.32. The fraction of sp³-hybridized carbons (Fsp3) is 0.300. The number of Topliss-reactive ketones (excluding diaryl/α,β-unsaturated/α-hetero) is 1. The molecule has 0 aliphatic rings. The summed E-state index contributed by atoms with van der Waals surface area (Å²) in [5, 5.41) is 0.141. The molecule has 100 valence electrons. The van der Waals surface area contributed by atoms with Gasteiger partial charge in [0.25, 0.3) is 0 Å². The third-order valence-electron chi connectivity index (χ3n) is 1.83. The van der Waals surface area contributed by atoms with Gasteiger partial charge < -0.3 is 0 Å². The second-order valence-corrected chi connectivity index (χ2v) is 5.32. The van der Waals surface area contributed by atoms with Crippen LogP contribution in [0.25, 0.3) is 0 Å². The van der Waals surface area contributed by atoms with Crippen LogP contribution in [0.5, 0.6) is 0 Å². The van der Waals surface area contributed by atoms with Crippen molar-refractivity contribution in [2.75, 3.05) is 11.6 Å². The molecule has 0 aromatic heterocycles. The van der Waals surface area contributed by atoms with Gasteiger partial charge in [-0.15, -0.1) is 23.4 Å². The lowest BCUT2D eigenvalue weighted by Crippen LogP contribution is -2.10. The van der Waals surface area contributed by atoms with Gasteiger partial charge in [0.15, 0.2) is 5.78 Å². The maximum absolute atomic E-state index is 12.1. The normalized spacial score (nSPS) is 11.7. The monoisotopic (exact) mass is 336 g/mol. The minimum absolute atomic E-state index is 0.0698. The van der Waals surface area contributed by atoms with Crippen LogP contribution < -0.4 is 0 Å². The van der Waals surface area contributed by atoms with Gasteiger partial charge in [-0.2, -0.15) is 13.2 Å². The lowest BCUT2D eigenvalue weighted by molar-refractivity contribution is -0.105. The lowest BCUT2D eigenvalue weighted by atomic mass is 10.1. The van der Waals surface area contributed by atoms with Crippen LogP contribution in [-0.4, -0.2) is 23.6 Å². The number of halogens is 6. The van der Waals surface area contributed by atoms with Crippen molar-refractivity contribution in [2.24, 2.45) is 0 Å². The van der Waals surface area contributed by atoms with E-state index in [2.05, 4.69) is 0 Å². The average Bonchev–Trinajstić information content (AvgIpc) is 2.25. The summed E-state index contributed by atoms with van der Waals surface area (Å²) in [6.07, 6.45) is -4.32. The molecular formula is C10H6Cl3F3OS. The highest BCUT2D eigenvalue weighted by molar-refractivity contribution is 7.99. The number of carbonyl (C=O) groups is 1. The molecule has 0 bridgehead atoms. The lowest BCUT2D eigenvalue weighted by Gasteiger charge is -2.10. The van der Waals surface area contributed by atoms with Crippen LogP contribution in [0, 0.1) is 0 Å². The summed E-state index contributed by atoms with van der Waals surface area (Å²) in [6, 6.07) is 2.47. The summed E-state index contributed by atoms with van der Waals surface area (Å²) in [4.78, 5) is 11.6. The Balaban J connectivity index is 3.02. The van der Waals surface area contributed by atoms with Gasteiger partial charge in [0.1, 0.15) is 0 Å². The third-order valence-corrected chi connectivity index (χ3v) is 3.94. The van der Waals surface area contributed by atoms with Crippen LogP contribution >= 0.6 is 46.6 Å². The molecule has 0 aliphatic heterocycles. The molecular weight excluding hydrogens is 332 g/mol. The van der Waals surface area contributed by atoms with Crippen molar-refractivity contribution in [3.8, 4) is 0 Å². The van der Waals surface area contributed by atoms with Crippen LogP contribution in [-0.2, 0) is 0 Å². The Bertz CT molecular complexity index is 462. The van der Waals surface area contributed by atoms with Crippen molar-refractivity contribution in [1.82, 2.24) is 0 Å². The first-order chi connectivity index (χ1) is 8.24. The third kappa shape index (κ3) is 4.53. The number of carbonyl (C=O) groups excluding carboxylic acids is 1. The maximum Gasteiger partial charge on any atom is 0.398 e. The quantitative estimate of drug-likeness (QED) is 0.433. The van der Waals surface area contributed by atoms with Crippen molar-refractivity contribution in [1.29, 1.82) is 0 Å². The molecule has 0 unspecified atom stereocenters. The summed E-state index contributed by atoms with van der Waals surface area (Å²) < 4.78 is 36.3. The van der Waals surface area contributed by atoms with E-state index >= 15 is 0 Å². The van der Waals surface area contributed by atoms with E-state index in [0.29, 0.717) is 11.8 Å².